The third-order valence-electron chi connectivity index (χ3n) is 5.16. The Morgan fingerprint density at radius 1 is 1.11 bits per heavy atom. The Kier molecular flexibility index (Phi) is 5.18. The molecule has 1 saturated heterocycles. The number of alkyl halides is 2. The third-order valence-corrected chi connectivity index (χ3v) is 5.16. The SMILES string of the molecule is Cc1cc(C)n(-c2nc(OC3CCC(F)(F)CC3)cc(N3CCOCC3)n2)n1. The Balaban J connectivity index is 1.63. The minimum absolute atomic E-state index is 0.149. The van der Waals surface area contributed by atoms with Crippen LogP contribution >= 0.6 is 0 Å². The molecule has 2 aliphatic rings. The van der Waals surface area contributed by atoms with E-state index in [4.69, 9.17) is 9.47 Å². The van der Waals surface area contributed by atoms with Gasteiger partial charge in [0.1, 0.15) is 11.9 Å². The molecule has 0 atom stereocenters. The third kappa shape index (κ3) is 4.24. The van der Waals surface area contributed by atoms with Crippen molar-refractivity contribution < 1.29 is 18.3 Å². The highest BCUT2D eigenvalue weighted by molar-refractivity contribution is 5.44. The number of morpholine rings is 1. The van der Waals surface area contributed by atoms with Crippen LogP contribution in [0, 0.1) is 13.8 Å². The zero-order chi connectivity index (χ0) is 19.7. The van der Waals surface area contributed by atoms with Crippen LogP contribution < -0.4 is 9.64 Å². The van der Waals surface area contributed by atoms with Crippen molar-refractivity contribution in [3.63, 3.8) is 0 Å². The lowest BCUT2D eigenvalue weighted by atomic mass is 9.94. The summed E-state index contributed by atoms with van der Waals surface area (Å²) in [6, 6.07) is 3.74. The van der Waals surface area contributed by atoms with Gasteiger partial charge in [0, 0.05) is 37.7 Å². The van der Waals surface area contributed by atoms with Gasteiger partial charge in [-0.05, 0) is 32.8 Å². The van der Waals surface area contributed by atoms with Gasteiger partial charge in [0.2, 0.25) is 11.8 Å². The summed E-state index contributed by atoms with van der Waals surface area (Å²) in [5.74, 6) is -1.03. The maximum Gasteiger partial charge on any atom is 0.256 e. The van der Waals surface area contributed by atoms with Crippen LogP contribution in [0.15, 0.2) is 12.1 Å². The van der Waals surface area contributed by atoms with Gasteiger partial charge < -0.3 is 14.4 Å². The summed E-state index contributed by atoms with van der Waals surface area (Å²) < 4.78 is 40.0. The summed E-state index contributed by atoms with van der Waals surface area (Å²) in [6.45, 7) is 6.56. The lowest BCUT2D eigenvalue weighted by Gasteiger charge is -2.30. The van der Waals surface area contributed by atoms with Crippen LogP contribution in [0.1, 0.15) is 37.1 Å². The van der Waals surface area contributed by atoms with Gasteiger partial charge in [0.15, 0.2) is 0 Å². The van der Waals surface area contributed by atoms with Gasteiger partial charge >= 0.3 is 0 Å². The number of halogens is 2. The Bertz CT molecular complexity index is 826. The molecule has 2 aromatic rings. The van der Waals surface area contributed by atoms with Gasteiger partial charge in [-0.1, -0.05) is 0 Å². The van der Waals surface area contributed by atoms with Crippen molar-refractivity contribution >= 4 is 5.82 Å². The maximum absolute atomic E-state index is 13.4. The van der Waals surface area contributed by atoms with E-state index in [1.165, 1.54) is 0 Å². The molecule has 0 N–H and O–H groups in total. The van der Waals surface area contributed by atoms with Crippen LogP contribution in [0.25, 0.3) is 5.95 Å². The van der Waals surface area contributed by atoms with E-state index in [0.717, 1.165) is 30.3 Å². The van der Waals surface area contributed by atoms with Crippen molar-refractivity contribution in [2.45, 2.75) is 51.6 Å². The van der Waals surface area contributed by atoms with E-state index in [9.17, 15) is 8.78 Å². The van der Waals surface area contributed by atoms with E-state index >= 15 is 0 Å². The molecule has 0 radical (unpaired) electrons. The van der Waals surface area contributed by atoms with Crippen molar-refractivity contribution in [3.05, 3.63) is 23.5 Å². The second kappa shape index (κ2) is 7.62. The fraction of sp³-hybridized carbons (Fsp3) is 0.632. The van der Waals surface area contributed by atoms with Crippen molar-refractivity contribution in [3.8, 4) is 11.8 Å². The Hall–Kier alpha value is -2.29. The average Bonchev–Trinajstić information content (AvgIpc) is 3.02. The van der Waals surface area contributed by atoms with Gasteiger partial charge in [-0.3, -0.25) is 0 Å². The Morgan fingerprint density at radius 2 is 1.82 bits per heavy atom. The molecule has 0 aromatic carbocycles. The molecule has 1 saturated carbocycles. The standard InChI is InChI=1S/C19H25F2N5O2/c1-13-11-14(2)26(24-13)18-22-16(25-7-9-27-10-8-25)12-17(23-18)28-15-3-5-19(20,21)6-4-15/h11-12,15H,3-10H2,1-2H3. The first-order chi connectivity index (χ1) is 13.4. The van der Waals surface area contributed by atoms with E-state index in [-0.39, 0.29) is 18.9 Å². The van der Waals surface area contributed by atoms with Crippen LogP contribution in [-0.4, -0.2) is 58.1 Å². The smallest absolute Gasteiger partial charge is 0.256 e. The summed E-state index contributed by atoms with van der Waals surface area (Å²) in [5, 5.41) is 4.47. The highest BCUT2D eigenvalue weighted by atomic mass is 19.3. The normalized spacial score (nSPS) is 20.4. The summed E-state index contributed by atoms with van der Waals surface area (Å²) in [5.41, 5.74) is 1.79. The minimum atomic E-state index is -2.58. The largest absolute Gasteiger partial charge is 0.474 e. The van der Waals surface area contributed by atoms with Crippen LogP contribution in [-0.2, 0) is 4.74 Å². The fourth-order valence-electron chi connectivity index (χ4n) is 3.64. The average molecular weight is 393 g/mol. The monoisotopic (exact) mass is 393 g/mol. The van der Waals surface area contributed by atoms with E-state index in [1.54, 1.807) is 10.7 Å². The van der Waals surface area contributed by atoms with E-state index in [0.29, 0.717) is 37.9 Å². The predicted molar refractivity (Wildman–Crippen MR) is 99.5 cm³/mol. The molecule has 7 nitrogen and oxygen atoms in total. The van der Waals surface area contributed by atoms with Crippen molar-refractivity contribution in [1.29, 1.82) is 0 Å². The van der Waals surface area contributed by atoms with Gasteiger partial charge in [-0.25, -0.2) is 13.5 Å². The zero-order valence-electron chi connectivity index (χ0n) is 16.2. The van der Waals surface area contributed by atoms with Crippen LogP contribution in [0.3, 0.4) is 0 Å². The number of rotatable bonds is 4. The molecule has 2 aromatic heterocycles. The number of aromatic nitrogens is 4. The second-order valence-corrected chi connectivity index (χ2v) is 7.48. The fourth-order valence-corrected chi connectivity index (χ4v) is 3.64. The molecule has 4 rings (SSSR count). The van der Waals surface area contributed by atoms with Crippen LogP contribution in [0.2, 0.25) is 0 Å². The van der Waals surface area contributed by atoms with Gasteiger partial charge in [0.25, 0.3) is 5.95 Å². The van der Waals surface area contributed by atoms with Gasteiger partial charge in [-0.2, -0.15) is 15.1 Å². The molecule has 152 valence electrons. The number of hydrogen-bond donors (Lipinski definition) is 0. The molecule has 1 aliphatic heterocycles. The highest BCUT2D eigenvalue weighted by Crippen LogP contribution is 2.35. The molecule has 0 amide bonds. The second-order valence-electron chi connectivity index (χ2n) is 7.48. The van der Waals surface area contributed by atoms with Gasteiger partial charge in [0.05, 0.1) is 18.9 Å². The molecule has 3 heterocycles. The molecule has 0 bridgehead atoms. The molecule has 1 aliphatic carbocycles. The van der Waals surface area contributed by atoms with E-state index in [1.807, 2.05) is 19.9 Å². The van der Waals surface area contributed by atoms with Crippen LogP contribution in [0.4, 0.5) is 14.6 Å². The first-order valence-corrected chi connectivity index (χ1v) is 9.69. The van der Waals surface area contributed by atoms with Crippen molar-refractivity contribution in [1.82, 2.24) is 19.7 Å². The number of anilines is 1. The maximum atomic E-state index is 13.4. The topological polar surface area (TPSA) is 65.3 Å². The predicted octanol–water partition coefficient (Wildman–Crippen LogP) is 3.07. The molecule has 9 heteroatoms. The highest BCUT2D eigenvalue weighted by Gasteiger charge is 2.36. The number of hydrogen-bond acceptors (Lipinski definition) is 6. The lowest BCUT2D eigenvalue weighted by molar-refractivity contribution is -0.0588. The van der Waals surface area contributed by atoms with Crippen molar-refractivity contribution in [2.24, 2.45) is 0 Å². The number of aryl methyl sites for hydroxylation is 2. The minimum Gasteiger partial charge on any atom is -0.474 e. The van der Waals surface area contributed by atoms with Crippen molar-refractivity contribution in [2.75, 3.05) is 31.2 Å². The van der Waals surface area contributed by atoms with E-state index in [2.05, 4.69) is 20.0 Å². The van der Waals surface area contributed by atoms with Gasteiger partial charge in [-0.15, -0.1) is 0 Å². The molecular formula is C19H25F2N5O2. The Morgan fingerprint density at radius 3 is 2.46 bits per heavy atom. The molecule has 0 unspecified atom stereocenters. The number of nitrogens with zero attached hydrogens (tertiary/aromatic N) is 5. The first kappa shape index (κ1) is 19.0. The first-order valence-electron chi connectivity index (χ1n) is 9.69. The molecule has 0 spiro atoms. The lowest BCUT2D eigenvalue weighted by Crippen LogP contribution is -2.37. The molecule has 28 heavy (non-hydrogen) atoms. The molecule has 2 fully saturated rings. The molecular weight excluding hydrogens is 368 g/mol. The Labute approximate surface area is 162 Å². The quantitative estimate of drug-likeness (QED) is 0.796. The summed E-state index contributed by atoms with van der Waals surface area (Å²) in [7, 11) is 0. The summed E-state index contributed by atoms with van der Waals surface area (Å²) >= 11 is 0. The number of ether oxygens (including phenoxy) is 2. The summed E-state index contributed by atoms with van der Waals surface area (Å²) in [4.78, 5) is 11.3. The van der Waals surface area contributed by atoms with E-state index < -0.39 is 5.92 Å². The zero-order valence-corrected chi connectivity index (χ0v) is 16.2. The summed E-state index contributed by atoms with van der Waals surface area (Å²) in [6.07, 6.45) is 0.0748. The van der Waals surface area contributed by atoms with Crippen LogP contribution in [0.5, 0.6) is 5.88 Å².